The molecule has 0 unspecified atom stereocenters. The van der Waals surface area contributed by atoms with Crippen LogP contribution in [0.15, 0.2) is 124 Å². The molecule has 1 fully saturated rings. The molecule has 58 heavy (non-hydrogen) atoms. The number of anilines is 2. The molecule has 2 aromatic heterocycles. The van der Waals surface area contributed by atoms with E-state index in [-0.39, 0.29) is 45.1 Å². The fraction of sp³-hybridized carbons (Fsp3) is 0.139. The Bertz CT molecular complexity index is 2850. The first-order chi connectivity index (χ1) is 27.5. The van der Waals surface area contributed by atoms with Crippen molar-refractivity contribution in [2.45, 2.75) is 27.3 Å². The van der Waals surface area contributed by atoms with Gasteiger partial charge in [0, 0.05) is 30.3 Å². The number of hydrogen-bond donors (Lipinski definition) is 2. The monoisotopic (exact) mass is 873 g/mol. The smallest absolute Gasteiger partial charge is 0.340 e. The van der Waals surface area contributed by atoms with E-state index in [1.54, 1.807) is 0 Å². The van der Waals surface area contributed by atoms with Crippen LogP contribution in [0.1, 0.15) is 15.9 Å². The molecule has 1 aliphatic rings. The highest BCUT2D eigenvalue weighted by atomic mass is 35.7. The van der Waals surface area contributed by atoms with Gasteiger partial charge < -0.3 is 9.47 Å². The third kappa shape index (κ3) is 8.97. The van der Waals surface area contributed by atoms with Crippen LogP contribution in [0.4, 0.5) is 20.2 Å². The predicted octanol–water partition coefficient (Wildman–Crippen LogP) is 4.92. The lowest BCUT2D eigenvalue weighted by molar-refractivity contribution is 0.0144. The number of halogens is 3. The highest BCUT2D eigenvalue weighted by Crippen LogP contribution is 2.31. The number of carbonyl (C=O) groups excluding carboxylic acids is 1. The summed E-state index contributed by atoms with van der Waals surface area (Å²) in [5.74, 6) is -1.54. The minimum Gasteiger partial charge on any atom is -0.488 e. The summed E-state index contributed by atoms with van der Waals surface area (Å²) in [5.41, 5.74) is 0.820. The molecule has 0 atom stereocenters. The summed E-state index contributed by atoms with van der Waals surface area (Å²) >= 11 is 0. The number of methoxy groups -OCH3 is 1. The number of nitrogens with zero attached hydrogens (tertiary/aromatic N) is 5. The van der Waals surface area contributed by atoms with E-state index in [1.165, 1.54) is 107 Å². The number of aromatic nitrogens is 4. The van der Waals surface area contributed by atoms with Gasteiger partial charge in [0.25, 0.3) is 29.1 Å². The van der Waals surface area contributed by atoms with E-state index in [9.17, 15) is 38.8 Å². The summed E-state index contributed by atoms with van der Waals surface area (Å²) in [4.78, 5) is 13.6. The van der Waals surface area contributed by atoms with Crippen LogP contribution in [-0.4, -0.2) is 82.0 Å². The third-order valence-corrected chi connectivity index (χ3v) is 12.7. The first-order valence-corrected chi connectivity index (χ1v) is 22.1. The standard InChI is InChI=1S/C36H30ClF2N7O9S3/c1-54-36(47)32-15-28(11-13-33(32)42-57(50,51)30-16-40-45(21-30)26-7-3-24(38)4-8-26)55-29-19-44(20-29)18-23-2-12-34(35(14-23)56(37,48)49)43-58(52,53)31-17-41-46(22-31)27-9-5-25(39)6-10-27/h2-17,21-22,29,42-43H,18-20H2,1H3. The van der Waals surface area contributed by atoms with Crippen LogP contribution in [0.3, 0.4) is 0 Å². The molecule has 0 spiro atoms. The Morgan fingerprint density at radius 2 is 1.28 bits per heavy atom. The van der Waals surface area contributed by atoms with Crippen molar-refractivity contribution in [3.05, 3.63) is 132 Å². The number of carbonyl (C=O) groups is 1. The molecule has 7 rings (SSSR count). The van der Waals surface area contributed by atoms with Gasteiger partial charge in [-0.15, -0.1) is 0 Å². The second-order valence-corrected chi connectivity index (χ2v) is 18.7. The molecule has 0 radical (unpaired) electrons. The molecule has 3 heterocycles. The molecular weight excluding hydrogens is 844 g/mol. The maximum absolute atomic E-state index is 13.3. The molecular formula is C36H30ClF2N7O9S3. The van der Waals surface area contributed by atoms with E-state index in [0.717, 1.165) is 19.5 Å². The van der Waals surface area contributed by atoms with Crippen molar-refractivity contribution in [2.75, 3.05) is 29.6 Å². The number of likely N-dealkylation sites (tertiary alicyclic amines) is 1. The van der Waals surface area contributed by atoms with Crippen LogP contribution in [-0.2, 0) is 40.4 Å². The topological polar surface area (TPSA) is 201 Å². The van der Waals surface area contributed by atoms with E-state index >= 15 is 0 Å². The number of ether oxygens (including phenoxy) is 2. The van der Waals surface area contributed by atoms with Gasteiger partial charge in [0.2, 0.25) is 0 Å². The first kappa shape index (κ1) is 40.3. The zero-order chi connectivity index (χ0) is 41.4. The van der Waals surface area contributed by atoms with Crippen molar-refractivity contribution >= 4 is 57.1 Å². The number of benzene rings is 4. The third-order valence-electron chi connectivity index (χ3n) is 8.75. The molecule has 6 aromatic rings. The van der Waals surface area contributed by atoms with E-state index in [2.05, 4.69) is 19.6 Å². The average molecular weight is 874 g/mol. The van der Waals surface area contributed by atoms with Crippen LogP contribution in [0, 0.1) is 11.6 Å². The molecule has 16 nitrogen and oxygen atoms in total. The molecule has 1 saturated heterocycles. The second-order valence-electron chi connectivity index (χ2n) is 12.8. The molecule has 1 aliphatic heterocycles. The van der Waals surface area contributed by atoms with E-state index in [1.807, 2.05) is 4.90 Å². The zero-order valence-corrected chi connectivity index (χ0v) is 33.1. The normalized spacial score (nSPS) is 13.8. The lowest BCUT2D eigenvalue weighted by Gasteiger charge is -2.39. The number of nitrogens with one attached hydrogen (secondary N) is 2. The van der Waals surface area contributed by atoms with Crippen molar-refractivity contribution in [3.8, 4) is 17.1 Å². The Labute approximate surface area is 335 Å². The predicted molar refractivity (Wildman–Crippen MR) is 206 cm³/mol. The second kappa shape index (κ2) is 15.8. The van der Waals surface area contributed by atoms with Gasteiger partial charge in [0.15, 0.2) is 0 Å². The maximum atomic E-state index is 13.3. The van der Waals surface area contributed by atoms with Crippen LogP contribution in [0.2, 0.25) is 0 Å². The lowest BCUT2D eigenvalue weighted by atomic mass is 10.1. The number of hydrogen-bond acceptors (Lipinski definition) is 12. The van der Waals surface area contributed by atoms with Crippen molar-refractivity contribution in [2.24, 2.45) is 0 Å². The molecule has 0 aliphatic carbocycles. The van der Waals surface area contributed by atoms with Gasteiger partial charge in [-0.05, 0) is 84.4 Å². The zero-order valence-electron chi connectivity index (χ0n) is 29.9. The van der Waals surface area contributed by atoms with E-state index in [0.29, 0.717) is 30.0 Å². The van der Waals surface area contributed by atoms with Gasteiger partial charge >= 0.3 is 5.97 Å². The summed E-state index contributed by atoms with van der Waals surface area (Å²) in [6.45, 7) is 0.980. The van der Waals surface area contributed by atoms with Crippen molar-refractivity contribution < 1.29 is 48.3 Å². The number of esters is 1. The first-order valence-electron chi connectivity index (χ1n) is 16.8. The molecule has 302 valence electrons. The molecule has 0 bridgehead atoms. The van der Waals surface area contributed by atoms with Gasteiger partial charge in [-0.2, -0.15) is 10.2 Å². The van der Waals surface area contributed by atoms with Gasteiger partial charge in [-0.25, -0.2) is 48.2 Å². The maximum Gasteiger partial charge on any atom is 0.340 e. The van der Waals surface area contributed by atoms with Gasteiger partial charge in [-0.3, -0.25) is 14.3 Å². The van der Waals surface area contributed by atoms with Gasteiger partial charge in [-0.1, -0.05) is 6.07 Å². The Morgan fingerprint density at radius 1 is 0.759 bits per heavy atom. The van der Waals surface area contributed by atoms with Crippen LogP contribution < -0.4 is 14.2 Å². The Balaban J connectivity index is 0.991. The Hall–Kier alpha value is -5.87. The Morgan fingerprint density at radius 3 is 1.79 bits per heavy atom. The SMILES string of the molecule is COC(=O)c1cc(OC2CN(Cc3ccc(NS(=O)(=O)c4cnn(-c5ccc(F)cc5)c4)c(S(=O)(=O)Cl)c3)C2)ccc1NS(=O)(=O)c1cnn(-c2ccc(F)cc2)c1. The fourth-order valence-electron chi connectivity index (χ4n) is 5.86. The molecule has 4 aromatic carbocycles. The Kier molecular flexibility index (Phi) is 11.0. The molecule has 22 heteroatoms. The van der Waals surface area contributed by atoms with Gasteiger partial charge in [0.05, 0.1) is 60.2 Å². The highest BCUT2D eigenvalue weighted by Gasteiger charge is 2.30. The quantitative estimate of drug-likeness (QED) is 0.111. The summed E-state index contributed by atoms with van der Waals surface area (Å²) in [7, 11) is -6.15. The minimum atomic E-state index is -4.43. The number of rotatable bonds is 14. The lowest BCUT2D eigenvalue weighted by Crippen LogP contribution is -2.53. The van der Waals surface area contributed by atoms with Crippen molar-refractivity contribution in [1.82, 2.24) is 24.5 Å². The molecule has 0 saturated carbocycles. The summed E-state index contributed by atoms with van der Waals surface area (Å²) in [5, 5.41) is 8.04. The largest absolute Gasteiger partial charge is 0.488 e. The highest BCUT2D eigenvalue weighted by molar-refractivity contribution is 8.14. The summed E-state index contributed by atoms with van der Waals surface area (Å²) in [6.07, 6.45) is 4.20. The van der Waals surface area contributed by atoms with Crippen LogP contribution in [0.25, 0.3) is 11.4 Å². The minimum absolute atomic E-state index is 0.0835. The van der Waals surface area contributed by atoms with Crippen LogP contribution >= 0.6 is 10.7 Å². The number of sulfonamides is 2. The van der Waals surface area contributed by atoms with Crippen molar-refractivity contribution in [3.63, 3.8) is 0 Å². The fourth-order valence-corrected chi connectivity index (χ4v) is 9.00. The van der Waals surface area contributed by atoms with Gasteiger partial charge in [0.1, 0.15) is 38.2 Å². The molecule has 0 amide bonds. The van der Waals surface area contributed by atoms with E-state index < -0.39 is 51.6 Å². The van der Waals surface area contributed by atoms with Crippen molar-refractivity contribution in [1.29, 1.82) is 0 Å². The van der Waals surface area contributed by atoms with E-state index in [4.69, 9.17) is 20.2 Å². The summed E-state index contributed by atoms with van der Waals surface area (Å²) in [6, 6.07) is 18.7. The summed E-state index contributed by atoms with van der Waals surface area (Å²) < 4.78 is 123. The average Bonchev–Trinajstić information content (AvgIpc) is 3.87. The van der Waals surface area contributed by atoms with Crippen LogP contribution in [0.5, 0.6) is 5.75 Å². The molecule has 2 N–H and O–H groups in total.